The van der Waals surface area contributed by atoms with Crippen molar-refractivity contribution in [3.63, 3.8) is 0 Å². The van der Waals surface area contributed by atoms with Crippen LogP contribution in [0.2, 0.25) is 0 Å². The van der Waals surface area contributed by atoms with E-state index in [4.69, 9.17) is 9.72 Å². The lowest BCUT2D eigenvalue weighted by molar-refractivity contribution is -0.111. The van der Waals surface area contributed by atoms with Gasteiger partial charge in [-0.15, -0.1) is 0 Å². The van der Waals surface area contributed by atoms with E-state index in [0.717, 1.165) is 58.7 Å². The van der Waals surface area contributed by atoms with E-state index >= 15 is 0 Å². The summed E-state index contributed by atoms with van der Waals surface area (Å²) in [6.45, 7) is 10.9. The standard InChI is InChI=1S/C25H27N5O2S/c1-4-23(31)27-20-7-10-22(17(2)15-20)33-24-18(3)16-26-25(29-24)28-19-5-8-21(9-6-19)30-11-13-32-14-12-30/h4-10,15-16H,1,11-14H2,2-3H3,(H,27,31)(H,26,28,29). The number of carbonyl (C=O) groups is 1. The van der Waals surface area contributed by atoms with Crippen LogP contribution in [0, 0.1) is 13.8 Å². The summed E-state index contributed by atoms with van der Waals surface area (Å²) in [4.78, 5) is 24.1. The van der Waals surface area contributed by atoms with Crippen LogP contribution in [0.25, 0.3) is 0 Å². The lowest BCUT2D eigenvalue weighted by atomic mass is 10.2. The number of hydrogen-bond donors (Lipinski definition) is 2. The molecule has 1 aliphatic heterocycles. The summed E-state index contributed by atoms with van der Waals surface area (Å²) in [6.07, 6.45) is 3.08. The van der Waals surface area contributed by atoms with Crippen molar-refractivity contribution in [2.45, 2.75) is 23.8 Å². The fourth-order valence-corrected chi connectivity index (χ4v) is 4.35. The molecule has 1 saturated heterocycles. The zero-order chi connectivity index (χ0) is 23.2. The predicted octanol–water partition coefficient (Wildman–Crippen LogP) is 4.95. The number of amides is 1. The summed E-state index contributed by atoms with van der Waals surface area (Å²) in [7, 11) is 0. The van der Waals surface area contributed by atoms with Gasteiger partial charge in [-0.25, -0.2) is 9.97 Å². The van der Waals surface area contributed by atoms with E-state index in [2.05, 4.69) is 39.2 Å². The maximum atomic E-state index is 11.5. The van der Waals surface area contributed by atoms with Crippen LogP contribution in [-0.2, 0) is 9.53 Å². The zero-order valence-corrected chi connectivity index (χ0v) is 19.6. The molecule has 1 fully saturated rings. The molecule has 8 heteroatoms. The summed E-state index contributed by atoms with van der Waals surface area (Å²) in [6, 6.07) is 14.1. The number of rotatable bonds is 7. The van der Waals surface area contributed by atoms with Gasteiger partial charge in [0.15, 0.2) is 0 Å². The first kappa shape index (κ1) is 22.8. The van der Waals surface area contributed by atoms with Gasteiger partial charge in [-0.1, -0.05) is 18.3 Å². The van der Waals surface area contributed by atoms with Gasteiger partial charge < -0.3 is 20.3 Å². The van der Waals surface area contributed by atoms with Gasteiger partial charge in [0.05, 0.1) is 13.2 Å². The molecule has 2 N–H and O–H groups in total. The molecular weight excluding hydrogens is 434 g/mol. The highest BCUT2D eigenvalue weighted by molar-refractivity contribution is 7.99. The first-order valence-corrected chi connectivity index (χ1v) is 11.6. The average Bonchev–Trinajstić information content (AvgIpc) is 2.84. The SMILES string of the molecule is C=CC(=O)Nc1ccc(Sc2nc(Nc3ccc(N4CCOCC4)cc3)ncc2C)c(C)c1. The molecule has 7 nitrogen and oxygen atoms in total. The Morgan fingerprint density at radius 1 is 1.09 bits per heavy atom. The third-order valence-corrected chi connectivity index (χ3v) is 6.54. The molecule has 0 unspecified atom stereocenters. The minimum Gasteiger partial charge on any atom is -0.378 e. The summed E-state index contributed by atoms with van der Waals surface area (Å²) >= 11 is 1.58. The molecule has 0 radical (unpaired) electrons. The van der Waals surface area contributed by atoms with Crippen molar-refractivity contribution in [1.29, 1.82) is 0 Å². The van der Waals surface area contributed by atoms with Crippen LogP contribution in [0.5, 0.6) is 0 Å². The quantitative estimate of drug-likeness (QED) is 0.381. The van der Waals surface area contributed by atoms with Crippen molar-refractivity contribution in [1.82, 2.24) is 9.97 Å². The molecule has 1 aliphatic rings. The number of nitrogens with zero attached hydrogens (tertiary/aromatic N) is 3. The third-order valence-electron chi connectivity index (χ3n) is 5.26. The Hall–Kier alpha value is -3.36. The van der Waals surface area contributed by atoms with E-state index in [9.17, 15) is 4.79 Å². The molecule has 2 heterocycles. The van der Waals surface area contributed by atoms with E-state index < -0.39 is 0 Å². The molecule has 0 saturated carbocycles. The predicted molar refractivity (Wildman–Crippen MR) is 134 cm³/mol. The number of aryl methyl sites for hydroxylation is 2. The molecule has 0 aliphatic carbocycles. The van der Waals surface area contributed by atoms with Gasteiger partial charge >= 0.3 is 0 Å². The number of aromatic nitrogens is 2. The van der Waals surface area contributed by atoms with E-state index in [0.29, 0.717) is 5.95 Å². The van der Waals surface area contributed by atoms with E-state index in [1.54, 1.807) is 11.8 Å². The number of ether oxygens (including phenoxy) is 1. The highest BCUT2D eigenvalue weighted by Gasteiger charge is 2.12. The maximum absolute atomic E-state index is 11.5. The molecular formula is C25H27N5O2S. The number of nitrogens with one attached hydrogen (secondary N) is 2. The van der Waals surface area contributed by atoms with Gasteiger partial charge in [-0.05, 0) is 68.0 Å². The molecule has 170 valence electrons. The topological polar surface area (TPSA) is 79.4 Å². The van der Waals surface area contributed by atoms with E-state index in [1.807, 2.05) is 50.4 Å². The first-order valence-electron chi connectivity index (χ1n) is 10.8. The maximum Gasteiger partial charge on any atom is 0.247 e. The highest BCUT2D eigenvalue weighted by Crippen LogP contribution is 2.33. The first-order chi connectivity index (χ1) is 16.0. The normalized spacial score (nSPS) is 13.5. The summed E-state index contributed by atoms with van der Waals surface area (Å²) in [5, 5.41) is 6.97. The monoisotopic (exact) mass is 461 g/mol. The molecule has 0 bridgehead atoms. The van der Waals surface area contributed by atoms with Crippen LogP contribution < -0.4 is 15.5 Å². The van der Waals surface area contributed by atoms with Gasteiger partial charge in [-0.3, -0.25) is 4.79 Å². The number of carbonyl (C=O) groups excluding carboxylic acids is 1. The summed E-state index contributed by atoms with van der Waals surface area (Å²) in [5.41, 5.74) is 4.91. The molecule has 33 heavy (non-hydrogen) atoms. The Bertz CT molecular complexity index is 1140. The highest BCUT2D eigenvalue weighted by atomic mass is 32.2. The minimum absolute atomic E-state index is 0.227. The Kier molecular flexibility index (Phi) is 7.26. The van der Waals surface area contributed by atoms with Crippen LogP contribution in [0.15, 0.2) is 71.2 Å². The van der Waals surface area contributed by atoms with Crippen molar-refractivity contribution < 1.29 is 9.53 Å². The minimum atomic E-state index is -0.227. The van der Waals surface area contributed by atoms with Gasteiger partial charge in [-0.2, -0.15) is 0 Å². The lowest BCUT2D eigenvalue weighted by Crippen LogP contribution is -2.36. The van der Waals surface area contributed by atoms with E-state index in [-0.39, 0.29) is 5.91 Å². The van der Waals surface area contributed by atoms with Crippen molar-refractivity contribution >= 4 is 40.7 Å². The average molecular weight is 462 g/mol. The second kappa shape index (κ2) is 10.5. The number of anilines is 4. The van der Waals surface area contributed by atoms with Crippen molar-refractivity contribution in [3.05, 3.63) is 72.4 Å². The van der Waals surface area contributed by atoms with Crippen LogP contribution in [0.1, 0.15) is 11.1 Å². The fourth-order valence-electron chi connectivity index (χ4n) is 3.44. The van der Waals surface area contributed by atoms with Gasteiger partial charge in [0.25, 0.3) is 0 Å². The second-order valence-corrected chi connectivity index (χ2v) is 8.76. The molecule has 4 rings (SSSR count). The zero-order valence-electron chi connectivity index (χ0n) is 18.8. The molecule has 0 atom stereocenters. The van der Waals surface area contributed by atoms with Crippen molar-refractivity contribution in [3.8, 4) is 0 Å². The van der Waals surface area contributed by atoms with Crippen LogP contribution in [-0.4, -0.2) is 42.2 Å². The van der Waals surface area contributed by atoms with Crippen LogP contribution >= 0.6 is 11.8 Å². The summed E-state index contributed by atoms with van der Waals surface area (Å²) in [5.74, 6) is 0.324. The molecule has 1 aromatic heterocycles. The molecule has 0 spiro atoms. The van der Waals surface area contributed by atoms with Gasteiger partial charge in [0, 0.05) is 46.8 Å². The molecule has 1 amide bonds. The Labute approximate surface area is 198 Å². The van der Waals surface area contributed by atoms with E-state index in [1.165, 1.54) is 11.8 Å². The lowest BCUT2D eigenvalue weighted by Gasteiger charge is -2.28. The number of benzene rings is 2. The Morgan fingerprint density at radius 3 is 2.52 bits per heavy atom. The fraction of sp³-hybridized carbons (Fsp3) is 0.240. The van der Waals surface area contributed by atoms with Gasteiger partial charge in [0.2, 0.25) is 11.9 Å². The second-order valence-electron chi connectivity index (χ2n) is 7.73. The summed E-state index contributed by atoms with van der Waals surface area (Å²) < 4.78 is 5.43. The third kappa shape index (κ3) is 5.91. The smallest absolute Gasteiger partial charge is 0.247 e. The number of morpholine rings is 1. The van der Waals surface area contributed by atoms with Crippen LogP contribution in [0.3, 0.4) is 0 Å². The number of hydrogen-bond acceptors (Lipinski definition) is 7. The van der Waals surface area contributed by atoms with Crippen molar-refractivity contribution in [2.75, 3.05) is 41.8 Å². The molecule has 2 aromatic carbocycles. The van der Waals surface area contributed by atoms with Gasteiger partial charge in [0.1, 0.15) is 5.03 Å². The largest absolute Gasteiger partial charge is 0.378 e. The van der Waals surface area contributed by atoms with Crippen molar-refractivity contribution in [2.24, 2.45) is 0 Å². The van der Waals surface area contributed by atoms with Crippen LogP contribution in [0.4, 0.5) is 23.0 Å². The Balaban J connectivity index is 1.45. The Morgan fingerprint density at radius 2 is 1.82 bits per heavy atom. The molecule has 3 aromatic rings.